The molecule has 3 nitrogen and oxygen atoms in total. The number of hydrogen-bond donors (Lipinski definition) is 1. The molecule has 0 atom stereocenters. The lowest BCUT2D eigenvalue weighted by atomic mass is 10.2. The van der Waals surface area contributed by atoms with Crippen LogP contribution in [0.1, 0.15) is 5.56 Å². The molecule has 1 heterocycles. The highest BCUT2D eigenvalue weighted by atomic mass is 35.6. The molecule has 1 aromatic heterocycles. The van der Waals surface area contributed by atoms with E-state index in [-0.39, 0.29) is 5.76 Å². The van der Waals surface area contributed by atoms with E-state index in [0.29, 0.717) is 5.56 Å². The first-order valence-corrected chi connectivity index (χ1v) is 4.97. The van der Waals surface area contributed by atoms with Gasteiger partial charge in [-0.2, -0.15) is 0 Å². The van der Waals surface area contributed by atoms with Crippen LogP contribution in [0.4, 0.5) is 0 Å². The molecule has 0 amide bonds. The van der Waals surface area contributed by atoms with Crippen molar-refractivity contribution in [2.45, 2.75) is 3.79 Å². The van der Waals surface area contributed by atoms with Gasteiger partial charge in [0.1, 0.15) is 5.76 Å². The second-order valence-electron chi connectivity index (χ2n) is 2.63. The van der Waals surface area contributed by atoms with Gasteiger partial charge in [0.2, 0.25) is 5.78 Å². The first-order chi connectivity index (χ1) is 6.91. The zero-order valence-electron chi connectivity index (χ0n) is 7.32. The molecule has 0 saturated carbocycles. The molecule has 0 radical (unpaired) electrons. The third-order valence-corrected chi connectivity index (χ3v) is 2.08. The molecular weight excluding hydrogens is 260 g/mol. The highest BCUT2D eigenvalue weighted by Crippen LogP contribution is 2.28. The molecule has 1 aromatic rings. The predicted molar refractivity (Wildman–Crippen MR) is 60.1 cm³/mol. The number of nitrogens with zero attached hydrogens (tertiary/aromatic N) is 1. The number of carbonyl (C=O) groups excluding carboxylic acids is 1. The molecule has 0 aliphatic carbocycles. The number of alkyl halides is 3. The number of halogens is 3. The maximum absolute atomic E-state index is 11.2. The van der Waals surface area contributed by atoms with Gasteiger partial charge in [0.05, 0.1) is 0 Å². The van der Waals surface area contributed by atoms with E-state index in [1.807, 2.05) is 0 Å². The zero-order chi connectivity index (χ0) is 11.5. The topological polar surface area (TPSA) is 50.2 Å². The predicted octanol–water partition coefficient (Wildman–Crippen LogP) is 2.92. The van der Waals surface area contributed by atoms with Crippen LogP contribution in [0.15, 0.2) is 30.6 Å². The van der Waals surface area contributed by atoms with Crippen molar-refractivity contribution < 1.29 is 9.90 Å². The van der Waals surface area contributed by atoms with Crippen molar-refractivity contribution in [1.82, 2.24) is 4.98 Å². The van der Waals surface area contributed by atoms with Crippen LogP contribution in [0.2, 0.25) is 0 Å². The van der Waals surface area contributed by atoms with Gasteiger partial charge in [-0.3, -0.25) is 9.78 Å². The second-order valence-corrected chi connectivity index (χ2v) is 4.91. The first-order valence-electron chi connectivity index (χ1n) is 3.83. The maximum Gasteiger partial charge on any atom is 0.252 e. The average molecular weight is 267 g/mol. The highest BCUT2D eigenvalue weighted by molar-refractivity contribution is 6.77. The summed E-state index contributed by atoms with van der Waals surface area (Å²) in [4.78, 5) is 15.0. The summed E-state index contributed by atoms with van der Waals surface area (Å²) in [6, 6.07) is 3.05. The van der Waals surface area contributed by atoms with Crippen LogP contribution in [0.5, 0.6) is 0 Å². The molecule has 0 unspecified atom stereocenters. The Hall–Kier alpha value is -0.770. The van der Waals surface area contributed by atoms with Crippen LogP contribution in [0, 0.1) is 0 Å². The minimum Gasteiger partial charge on any atom is -0.507 e. The Labute approximate surface area is 101 Å². The molecule has 0 fully saturated rings. The summed E-state index contributed by atoms with van der Waals surface area (Å²) >= 11 is 16.0. The van der Waals surface area contributed by atoms with Gasteiger partial charge >= 0.3 is 0 Å². The van der Waals surface area contributed by atoms with Crippen molar-refractivity contribution >= 4 is 46.3 Å². The summed E-state index contributed by atoms with van der Waals surface area (Å²) in [6.07, 6.45) is 3.81. The second kappa shape index (κ2) is 4.84. The number of aliphatic hydroxyl groups excluding tert-OH is 1. The number of aromatic nitrogens is 1. The standard InChI is InChI=1S/C9H6Cl3NO2/c10-9(11,12)8(15)5-7(14)6-1-3-13-4-2-6/h1-5,14H. The number of carbonyl (C=O) groups is 1. The smallest absolute Gasteiger partial charge is 0.252 e. The van der Waals surface area contributed by atoms with Gasteiger partial charge in [-0.15, -0.1) is 0 Å². The third kappa shape index (κ3) is 3.70. The normalized spacial score (nSPS) is 12.6. The summed E-state index contributed by atoms with van der Waals surface area (Å²) in [7, 11) is 0. The van der Waals surface area contributed by atoms with E-state index in [9.17, 15) is 9.90 Å². The minimum absolute atomic E-state index is 0.270. The fourth-order valence-electron chi connectivity index (χ4n) is 0.812. The Kier molecular flexibility index (Phi) is 3.97. The lowest BCUT2D eigenvalue weighted by molar-refractivity contribution is -0.113. The fourth-order valence-corrected chi connectivity index (χ4v) is 0.976. The van der Waals surface area contributed by atoms with E-state index < -0.39 is 9.58 Å². The Morgan fingerprint density at radius 3 is 2.33 bits per heavy atom. The molecule has 0 bridgehead atoms. The van der Waals surface area contributed by atoms with Crippen molar-refractivity contribution in [3.05, 3.63) is 36.2 Å². The number of hydrogen-bond acceptors (Lipinski definition) is 3. The number of pyridine rings is 1. The monoisotopic (exact) mass is 265 g/mol. The van der Waals surface area contributed by atoms with Crippen LogP contribution < -0.4 is 0 Å². The Morgan fingerprint density at radius 1 is 1.33 bits per heavy atom. The largest absolute Gasteiger partial charge is 0.507 e. The van der Waals surface area contributed by atoms with Crippen molar-refractivity contribution in [3.63, 3.8) is 0 Å². The molecule has 0 spiro atoms. The quantitative estimate of drug-likeness (QED) is 0.509. The first kappa shape index (κ1) is 12.3. The lowest BCUT2D eigenvalue weighted by Crippen LogP contribution is -2.16. The highest BCUT2D eigenvalue weighted by Gasteiger charge is 2.29. The zero-order valence-corrected chi connectivity index (χ0v) is 9.59. The minimum atomic E-state index is -2.05. The summed E-state index contributed by atoms with van der Waals surface area (Å²) < 4.78 is -2.05. The Balaban J connectivity index is 2.91. The molecule has 0 aromatic carbocycles. The van der Waals surface area contributed by atoms with E-state index in [4.69, 9.17) is 34.8 Å². The molecule has 0 aliphatic rings. The van der Waals surface area contributed by atoms with Crippen LogP contribution in [-0.2, 0) is 4.79 Å². The summed E-state index contributed by atoms with van der Waals surface area (Å²) in [5.41, 5.74) is 0.424. The van der Waals surface area contributed by atoms with Crippen LogP contribution in [-0.4, -0.2) is 19.7 Å². The number of rotatable bonds is 2. The number of ketones is 1. The molecule has 0 saturated heterocycles. The van der Waals surface area contributed by atoms with Gasteiger partial charge in [-0.05, 0) is 12.1 Å². The summed E-state index contributed by atoms with van der Waals surface area (Å²) in [5.74, 6) is -1.07. The van der Waals surface area contributed by atoms with Crippen LogP contribution in [0.3, 0.4) is 0 Å². The van der Waals surface area contributed by atoms with Gasteiger partial charge in [-0.1, -0.05) is 34.8 Å². The molecular formula is C9H6Cl3NO2. The van der Waals surface area contributed by atoms with Crippen molar-refractivity contribution in [3.8, 4) is 0 Å². The van der Waals surface area contributed by atoms with Gasteiger partial charge in [-0.25, -0.2) is 0 Å². The summed E-state index contributed by atoms with van der Waals surface area (Å²) in [5, 5.41) is 9.49. The Bertz CT molecular complexity index is 384. The average Bonchev–Trinajstić information content (AvgIpc) is 2.17. The molecule has 6 heteroatoms. The van der Waals surface area contributed by atoms with E-state index in [2.05, 4.69) is 4.98 Å². The molecule has 0 aliphatic heterocycles. The van der Waals surface area contributed by atoms with Crippen LogP contribution >= 0.6 is 34.8 Å². The van der Waals surface area contributed by atoms with Gasteiger partial charge < -0.3 is 5.11 Å². The molecule has 1 N–H and O–H groups in total. The van der Waals surface area contributed by atoms with Gasteiger partial charge in [0, 0.05) is 24.0 Å². The fraction of sp³-hybridized carbons (Fsp3) is 0.111. The van der Waals surface area contributed by atoms with Crippen molar-refractivity contribution in [2.24, 2.45) is 0 Å². The van der Waals surface area contributed by atoms with E-state index in [0.717, 1.165) is 6.08 Å². The third-order valence-electron chi connectivity index (χ3n) is 1.52. The molecule has 15 heavy (non-hydrogen) atoms. The summed E-state index contributed by atoms with van der Waals surface area (Å²) in [6.45, 7) is 0. The van der Waals surface area contributed by atoms with Crippen molar-refractivity contribution in [2.75, 3.05) is 0 Å². The van der Waals surface area contributed by atoms with Crippen LogP contribution in [0.25, 0.3) is 5.76 Å². The van der Waals surface area contributed by atoms with E-state index in [1.54, 1.807) is 0 Å². The van der Waals surface area contributed by atoms with Crippen molar-refractivity contribution in [1.29, 1.82) is 0 Å². The molecule has 80 valence electrons. The number of allylic oxidation sites excluding steroid dienone is 1. The number of aliphatic hydroxyl groups is 1. The lowest BCUT2D eigenvalue weighted by Gasteiger charge is -2.06. The van der Waals surface area contributed by atoms with E-state index in [1.165, 1.54) is 24.5 Å². The maximum atomic E-state index is 11.2. The van der Waals surface area contributed by atoms with Gasteiger partial charge in [0.15, 0.2) is 0 Å². The van der Waals surface area contributed by atoms with E-state index >= 15 is 0 Å². The van der Waals surface area contributed by atoms with Gasteiger partial charge in [0.25, 0.3) is 3.79 Å². The molecule has 1 rings (SSSR count). The Morgan fingerprint density at radius 2 is 1.87 bits per heavy atom. The SMILES string of the molecule is O=C(C=C(O)c1ccncc1)C(Cl)(Cl)Cl.